The number of hydrogen-bond donors (Lipinski definition) is 1. The molecule has 0 aliphatic carbocycles. The van der Waals surface area contributed by atoms with Gasteiger partial charge in [-0.25, -0.2) is 0 Å². The molecule has 30 heavy (non-hydrogen) atoms. The van der Waals surface area contributed by atoms with Crippen LogP contribution < -0.4 is 19.5 Å². The molecule has 0 bridgehead atoms. The number of rotatable bonds is 9. The number of aryl methyl sites for hydroxylation is 1. The molecule has 5 heteroatoms. The Hall–Kier alpha value is -3.47. The van der Waals surface area contributed by atoms with E-state index in [-0.39, 0.29) is 18.2 Å². The molecule has 1 unspecified atom stereocenters. The Balaban J connectivity index is 1.87. The fraction of sp³-hybridized carbons (Fsp3) is 0.240. The Labute approximate surface area is 177 Å². The van der Waals surface area contributed by atoms with Gasteiger partial charge >= 0.3 is 0 Å². The van der Waals surface area contributed by atoms with Crippen LogP contribution in [0.2, 0.25) is 0 Å². The molecule has 0 spiro atoms. The molecule has 0 saturated heterocycles. The van der Waals surface area contributed by atoms with E-state index in [4.69, 9.17) is 14.2 Å². The van der Waals surface area contributed by atoms with Crippen LogP contribution in [0.25, 0.3) is 0 Å². The largest absolute Gasteiger partial charge is 0.497 e. The minimum atomic E-state index is -0.195. The molecule has 0 radical (unpaired) electrons. The van der Waals surface area contributed by atoms with Crippen LogP contribution in [0, 0.1) is 6.92 Å². The number of ketones is 1. The molecule has 0 aliphatic heterocycles. The van der Waals surface area contributed by atoms with E-state index < -0.39 is 0 Å². The van der Waals surface area contributed by atoms with Crippen molar-refractivity contribution in [1.82, 2.24) is 0 Å². The summed E-state index contributed by atoms with van der Waals surface area (Å²) in [7, 11) is 4.77. The third-order valence-electron chi connectivity index (χ3n) is 5.01. The predicted molar refractivity (Wildman–Crippen MR) is 119 cm³/mol. The maximum Gasteiger partial charge on any atom is 0.165 e. The van der Waals surface area contributed by atoms with Gasteiger partial charge < -0.3 is 19.5 Å². The molecule has 0 heterocycles. The van der Waals surface area contributed by atoms with Crippen molar-refractivity contribution in [3.05, 3.63) is 83.4 Å². The first-order valence-corrected chi connectivity index (χ1v) is 9.76. The summed E-state index contributed by atoms with van der Waals surface area (Å²) in [5, 5.41) is 3.49. The van der Waals surface area contributed by atoms with Crippen LogP contribution in [0.5, 0.6) is 17.2 Å². The summed E-state index contributed by atoms with van der Waals surface area (Å²) in [6.07, 6.45) is 0.287. The maximum atomic E-state index is 13.1. The van der Waals surface area contributed by atoms with Gasteiger partial charge in [-0.3, -0.25) is 4.79 Å². The van der Waals surface area contributed by atoms with E-state index in [0.717, 1.165) is 17.0 Å². The number of Topliss-reactive ketones (excluding diaryl/α,β-unsaturated/α-hetero) is 1. The van der Waals surface area contributed by atoms with E-state index in [9.17, 15) is 4.79 Å². The zero-order chi connectivity index (χ0) is 21.5. The lowest BCUT2D eigenvalue weighted by Crippen LogP contribution is -2.16. The molecule has 1 N–H and O–H groups in total. The van der Waals surface area contributed by atoms with Crippen molar-refractivity contribution in [3.8, 4) is 17.2 Å². The van der Waals surface area contributed by atoms with Gasteiger partial charge in [0.15, 0.2) is 17.3 Å². The zero-order valence-corrected chi connectivity index (χ0v) is 17.8. The number of carbonyl (C=O) groups excluding carboxylic acids is 1. The second-order valence-electron chi connectivity index (χ2n) is 7.03. The molecule has 3 rings (SSSR count). The molecule has 0 saturated carbocycles. The topological polar surface area (TPSA) is 56.8 Å². The van der Waals surface area contributed by atoms with Gasteiger partial charge in [0.25, 0.3) is 0 Å². The summed E-state index contributed by atoms with van der Waals surface area (Å²) in [6, 6.07) is 20.9. The van der Waals surface area contributed by atoms with Gasteiger partial charge in [-0.2, -0.15) is 0 Å². The molecule has 3 aromatic carbocycles. The number of benzene rings is 3. The zero-order valence-electron chi connectivity index (χ0n) is 17.8. The van der Waals surface area contributed by atoms with Crippen molar-refractivity contribution in [2.24, 2.45) is 0 Å². The Morgan fingerprint density at radius 2 is 1.50 bits per heavy atom. The van der Waals surface area contributed by atoms with Crippen LogP contribution in [-0.2, 0) is 0 Å². The molecule has 5 nitrogen and oxygen atoms in total. The highest BCUT2D eigenvalue weighted by Gasteiger charge is 2.19. The summed E-state index contributed by atoms with van der Waals surface area (Å²) >= 11 is 0. The van der Waals surface area contributed by atoms with Gasteiger partial charge in [0, 0.05) is 17.7 Å². The van der Waals surface area contributed by atoms with Crippen molar-refractivity contribution in [1.29, 1.82) is 0 Å². The number of ether oxygens (including phenoxy) is 3. The lowest BCUT2D eigenvalue weighted by molar-refractivity contribution is 0.0976. The summed E-state index contributed by atoms with van der Waals surface area (Å²) in [6.45, 7) is 2.05. The summed E-state index contributed by atoms with van der Waals surface area (Å²) in [4.78, 5) is 13.1. The molecule has 1 atom stereocenters. The SMILES string of the molecule is COc1ccc(C(CC(=O)c2ccc(OC)c(OC)c2)Nc2ccc(C)cc2)cc1. The first-order valence-electron chi connectivity index (χ1n) is 9.76. The third-order valence-corrected chi connectivity index (χ3v) is 5.01. The highest BCUT2D eigenvalue weighted by molar-refractivity contribution is 5.97. The van der Waals surface area contributed by atoms with Crippen molar-refractivity contribution >= 4 is 11.5 Å². The Bertz CT molecular complexity index is 981. The van der Waals surface area contributed by atoms with E-state index in [1.165, 1.54) is 5.56 Å². The second kappa shape index (κ2) is 9.83. The van der Waals surface area contributed by atoms with E-state index >= 15 is 0 Å². The second-order valence-corrected chi connectivity index (χ2v) is 7.03. The van der Waals surface area contributed by atoms with E-state index in [0.29, 0.717) is 17.1 Å². The van der Waals surface area contributed by atoms with Crippen LogP contribution >= 0.6 is 0 Å². The van der Waals surface area contributed by atoms with Crippen molar-refractivity contribution in [2.45, 2.75) is 19.4 Å². The lowest BCUT2D eigenvalue weighted by atomic mass is 9.97. The Morgan fingerprint density at radius 3 is 2.10 bits per heavy atom. The van der Waals surface area contributed by atoms with Gasteiger partial charge in [-0.1, -0.05) is 29.8 Å². The monoisotopic (exact) mass is 405 g/mol. The number of nitrogens with one attached hydrogen (secondary N) is 1. The third kappa shape index (κ3) is 5.11. The van der Waals surface area contributed by atoms with Crippen LogP contribution in [0.4, 0.5) is 5.69 Å². The highest BCUT2D eigenvalue weighted by atomic mass is 16.5. The standard InChI is InChI=1S/C25H27NO4/c1-17-5-10-20(11-6-17)26-22(18-7-12-21(28-2)13-8-18)16-23(27)19-9-14-24(29-3)25(15-19)30-4/h5-15,22,26H,16H2,1-4H3. The molecule has 3 aromatic rings. The molecule has 0 amide bonds. The molecular weight excluding hydrogens is 378 g/mol. The van der Waals surface area contributed by atoms with Crippen LogP contribution in [0.3, 0.4) is 0 Å². The number of methoxy groups -OCH3 is 3. The van der Waals surface area contributed by atoms with Crippen LogP contribution in [0.15, 0.2) is 66.7 Å². The number of carbonyl (C=O) groups is 1. The van der Waals surface area contributed by atoms with Gasteiger partial charge in [-0.05, 0) is 55.0 Å². The Morgan fingerprint density at radius 1 is 0.833 bits per heavy atom. The molecular formula is C25H27NO4. The smallest absolute Gasteiger partial charge is 0.165 e. The Kier molecular flexibility index (Phi) is 6.96. The summed E-state index contributed by atoms with van der Waals surface area (Å²) in [5.41, 5.74) is 3.73. The lowest BCUT2D eigenvalue weighted by Gasteiger charge is -2.21. The first kappa shape index (κ1) is 21.2. The first-order chi connectivity index (χ1) is 14.5. The summed E-state index contributed by atoms with van der Waals surface area (Å²) < 4.78 is 15.9. The van der Waals surface area contributed by atoms with Gasteiger partial charge in [-0.15, -0.1) is 0 Å². The average Bonchev–Trinajstić information content (AvgIpc) is 2.79. The average molecular weight is 405 g/mol. The van der Waals surface area contributed by atoms with Gasteiger partial charge in [0.1, 0.15) is 5.75 Å². The van der Waals surface area contributed by atoms with E-state index in [2.05, 4.69) is 5.32 Å². The fourth-order valence-electron chi connectivity index (χ4n) is 3.25. The number of hydrogen-bond acceptors (Lipinski definition) is 5. The molecule has 0 aliphatic rings. The number of anilines is 1. The normalized spacial score (nSPS) is 11.5. The molecule has 0 aromatic heterocycles. The van der Waals surface area contributed by atoms with Crippen molar-refractivity contribution < 1.29 is 19.0 Å². The van der Waals surface area contributed by atoms with E-state index in [1.54, 1.807) is 39.5 Å². The minimum Gasteiger partial charge on any atom is -0.497 e. The van der Waals surface area contributed by atoms with Crippen molar-refractivity contribution in [2.75, 3.05) is 26.6 Å². The van der Waals surface area contributed by atoms with E-state index in [1.807, 2.05) is 55.5 Å². The van der Waals surface area contributed by atoms with Crippen LogP contribution in [-0.4, -0.2) is 27.1 Å². The molecule has 156 valence electrons. The van der Waals surface area contributed by atoms with Crippen LogP contribution in [0.1, 0.15) is 33.9 Å². The quantitative estimate of drug-likeness (QED) is 0.480. The maximum absolute atomic E-state index is 13.1. The molecule has 0 fully saturated rings. The summed E-state index contributed by atoms with van der Waals surface area (Å²) in [5.74, 6) is 1.92. The fourth-order valence-corrected chi connectivity index (χ4v) is 3.25. The highest BCUT2D eigenvalue weighted by Crippen LogP contribution is 2.30. The van der Waals surface area contributed by atoms with Gasteiger partial charge in [0.05, 0.1) is 27.4 Å². The van der Waals surface area contributed by atoms with Crippen molar-refractivity contribution in [3.63, 3.8) is 0 Å². The van der Waals surface area contributed by atoms with Gasteiger partial charge in [0.2, 0.25) is 0 Å². The predicted octanol–water partition coefficient (Wildman–Crippen LogP) is 5.45. The minimum absolute atomic E-state index is 0.0105.